The molecule has 13 heavy (non-hydrogen) atoms. The number of rotatable bonds is 3. The number of carboxylic acids is 1. The number of aryl methyl sites for hydroxylation is 2. The number of pyridine rings is 1. The smallest absolute Gasteiger partial charge is 0.341 e. The number of hydrogen-bond acceptors (Lipinski definition) is 3. The molecule has 0 saturated heterocycles. The van der Waals surface area contributed by atoms with E-state index in [1.165, 1.54) is 0 Å². The third kappa shape index (κ3) is 2.43. The average molecular weight is 181 g/mol. The maximum Gasteiger partial charge on any atom is 0.341 e. The van der Waals surface area contributed by atoms with Crippen LogP contribution < -0.4 is 4.74 Å². The summed E-state index contributed by atoms with van der Waals surface area (Å²) in [6.45, 7) is 3.35. The molecule has 70 valence electrons. The summed E-state index contributed by atoms with van der Waals surface area (Å²) < 4.78 is 5.09. The monoisotopic (exact) mass is 181 g/mol. The van der Waals surface area contributed by atoms with Crippen molar-refractivity contribution in [3.05, 3.63) is 23.5 Å². The predicted molar refractivity (Wildman–Crippen MR) is 46.8 cm³/mol. The van der Waals surface area contributed by atoms with Gasteiger partial charge < -0.3 is 9.84 Å². The molecule has 0 unspecified atom stereocenters. The highest BCUT2D eigenvalue weighted by Gasteiger charge is 2.05. The molecule has 1 heterocycles. The first-order valence-electron chi connectivity index (χ1n) is 3.87. The molecule has 0 amide bonds. The molecule has 0 aliphatic rings. The van der Waals surface area contributed by atoms with Gasteiger partial charge in [0.25, 0.3) is 0 Å². The molecule has 0 aromatic carbocycles. The Morgan fingerprint density at radius 3 is 2.46 bits per heavy atom. The molecule has 1 aromatic heterocycles. The van der Waals surface area contributed by atoms with Gasteiger partial charge in [0.05, 0.1) is 0 Å². The minimum Gasteiger partial charge on any atom is -0.481 e. The highest BCUT2D eigenvalue weighted by atomic mass is 16.5. The van der Waals surface area contributed by atoms with Gasteiger partial charge in [0, 0.05) is 23.5 Å². The maximum absolute atomic E-state index is 10.3. The molecule has 1 rings (SSSR count). The molecule has 0 radical (unpaired) electrons. The predicted octanol–water partition coefficient (Wildman–Crippen LogP) is 1.16. The summed E-state index contributed by atoms with van der Waals surface area (Å²) in [6.07, 6.45) is 3.29. The van der Waals surface area contributed by atoms with E-state index >= 15 is 0 Å². The first-order chi connectivity index (χ1) is 6.11. The first-order valence-corrected chi connectivity index (χ1v) is 3.87. The Balaban J connectivity index is 2.81. The van der Waals surface area contributed by atoms with Crippen molar-refractivity contribution in [3.63, 3.8) is 0 Å². The van der Waals surface area contributed by atoms with Crippen LogP contribution in [0.25, 0.3) is 0 Å². The molecule has 0 aliphatic carbocycles. The van der Waals surface area contributed by atoms with Crippen LogP contribution in [-0.2, 0) is 4.79 Å². The van der Waals surface area contributed by atoms with Crippen LogP contribution in [0, 0.1) is 13.8 Å². The minimum atomic E-state index is -0.976. The number of nitrogens with zero attached hydrogens (tertiary/aromatic N) is 1. The molecule has 0 bridgehead atoms. The topological polar surface area (TPSA) is 59.4 Å². The Labute approximate surface area is 76.2 Å². The van der Waals surface area contributed by atoms with Crippen molar-refractivity contribution in [3.8, 4) is 5.75 Å². The zero-order valence-corrected chi connectivity index (χ0v) is 7.57. The van der Waals surface area contributed by atoms with Crippen molar-refractivity contribution in [2.75, 3.05) is 6.61 Å². The first kappa shape index (κ1) is 9.51. The number of aromatic nitrogens is 1. The number of ether oxygens (including phenoxy) is 1. The van der Waals surface area contributed by atoms with Gasteiger partial charge in [0.2, 0.25) is 0 Å². The van der Waals surface area contributed by atoms with Crippen LogP contribution >= 0.6 is 0 Å². The highest BCUT2D eigenvalue weighted by Crippen LogP contribution is 2.20. The Kier molecular flexibility index (Phi) is 2.84. The normalized spacial score (nSPS) is 9.69. The standard InChI is InChI=1S/C9H11NO3/c1-6-3-10-4-7(2)9(6)13-5-8(11)12/h3-4H,5H2,1-2H3,(H,11,12). The van der Waals surface area contributed by atoms with Gasteiger partial charge in [-0.2, -0.15) is 0 Å². The van der Waals surface area contributed by atoms with Crippen LogP contribution in [0.4, 0.5) is 0 Å². The van der Waals surface area contributed by atoms with Gasteiger partial charge in [-0.25, -0.2) is 4.79 Å². The van der Waals surface area contributed by atoms with E-state index in [2.05, 4.69) is 4.98 Å². The second-order valence-electron chi connectivity index (χ2n) is 2.78. The Morgan fingerprint density at radius 1 is 1.46 bits per heavy atom. The van der Waals surface area contributed by atoms with E-state index in [9.17, 15) is 4.79 Å². The van der Waals surface area contributed by atoms with E-state index in [0.29, 0.717) is 5.75 Å². The zero-order chi connectivity index (χ0) is 9.84. The Bertz CT molecular complexity index is 302. The van der Waals surface area contributed by atoms with Gasteiger partial charge >= 0.3 is 5.97 Å². The highest BCUT2D eigenvalue weighted by molar-refractivity contribution is 5.68. The summed E-state index contributed by atoms with van der Waals surface area (Å²) in [4.78, 5) is 14.2. The fraction of sp³-hybridized carbons (Fsp3) is 0.333. The molecular formula is C9H11NO3. The van der Waals surface area contributed by atoms with Gasteiger partial charge in [-0.1, -0.05) is 0 Å². The summed E-state index contributed by atoms with van der Waals surface area (Å²) >= 11 is 0. The van der Waals surface area contributed by atoms with Gasteiger partial charge in [-0.15, -0.1) is 0 Å². The molecule has 0 spiro atoms. The van der Waals surface area contributed by atoms with Crippen LogP contribution in [0.15, 0.2) is 12.4 Å². The second-order valence-corrected chi connectivity index (χ2v) is 2.78. The minimum absolute atomic E-state index is 0.314. The molecule has 0 saturated carbocycles. The van der Waals surface area contributed by atoms with Gasteiger partial charge in [-0.3, -0.25) is 4.98 Å². The SMILES string of the molecule is Cc1cncc(C)c1OCC(=O)O. The lowest BCUT2D eigenvalue weighted by Gasteiger charge is -2.08. The molecule has 1 aromatic rings. The van der Waals surface area contributed by atoms with Crippen molar-refractivity contribution >= 4 is 5.97 Å². The fourth-order valence-corrected chi connectivity index (χ4v) is 1.05. The summed E-state index contributed by atoms with van der Waals surface area (Å²) in [5.41, 5.74) is 1.70. The van der Waals surface area contributed by atoms with E-state index in [1.54, 1.807) is 12.4 Å². The maximum atomic E-state index is 10.3. The van der Waals surface area contributed by atoms with Crippen molar-refractivity contribution in [2.24, 2.45) is 0 Å². The molecule has 1 N–H and O–H groups in total. The Morgan fingerprint density at radius 2 is 2.00 bits per heavy atom. The van der Waals surface area contributed by atoms with Crippen LogP contribution in [0.3, 0.4) is 0 Å². The van der Waals surface area contributed by atoms with E-state index in [0.717, 1.165) is 11.1 Å². The lowest BCUT2D eigenvalue weighted by atomic mass is 10.2. The number of carboxylic acid groups (broad SMARTS) is 1. The summed E-state index contributed by atoms with van der Waals surface area (Å²) in [6, 6.07) is 0. The largest absolute Gasteiger partial charge is 0.481 e. The molecule has 4 heteroatoms. The van der Waals surface area contributed by atoms with Gasteiger partial charge in [0.15, 0.2) is 6.61 Å². The summed E-state index contributed by atoms with van der Waals surface area (Å²) in [7, 11) is 0. The van der Waals surface area contributed by atoms with E-state index in [-0.39, 0.29) is 6.61 Å². The van der Waals surface area contributed by atoms with E-state index in [1.807, 2.05) is 13.8 Å². The van der Waals surface area contributed by atoms with Gasteiger partial charge in [-0.05, 0) is 13.8 Å². The zero-order valence-electron chi connectivity index (χ0n) is 7.57. The quantitative estimate of drug-likeness (QED) is 0.760. The van der Waals surface area contributed by atoms with Crippen LogP contribution in [0.1, 0.15) is 11.1 Å². The van der Waals surface area contributed by atoms with Crippen molar-refractivity contribution in [1.29, 1.82) is 0 Å². The van der Waals surface area contributed by atoms with Crippen molar-refractivity contribution in [1.82, 2.24) is 4.98 Å². The third-order valence-electron chi connectivity index (χ3n) is 1.59. The van der Waals surface area contributed by atoms with E-state index in [4.69, 9.17) is 9.84 Å². The molecule has 0 aliphatic heterocycles. The second kappa shape index (κ2) is 3.89. The lowest BCUT2D eigenvalue weighted by Crippen LogP contribution is -2.10. The fourth-order valence-electron chi connectivity index (χ4n) is 1.05. The number of aliphatic carboxylic acids is 1. The van der Waals surface area contributed by atoms with Crippen LogP contribution in [-0.4, -0.2) is 22.7 Å². The average Bonchev–Trinajstić information content (AvgIpc) is 2.03. The molecule has 4 nitrogen and oxygen atoms in total. The molecule has 0 fully saturated rings. The molecular weight excluding hydrogens is 170 g/mol. The van der Waals surface area contributed by atoms with E-state index < -0.39 is 5.97 Å². The lowest BCUT2D eigenvalue weighted by molar-refractivity contribution is -0.139. The van der Waals surface area contributed by atoms with Crippen molar-refractivity contribution in [2.45, 2.75) is 13.8 Å². The molecule has 0 atom stereocenters. The third-order valence-corrected chi connectivity index (χ3v) is 1.59. The van der Waals surface area contributed by atoms with Crippen molar-refractivity contribution < 1.29 is 14.6 Å². The van der Waals surface area contributed by atoms with Crippen LogP contribution in [0.2, 0.25) is 0 Å². The summed E-state index contributed by atoms with van der Waals surface area (Å²) in [5.74, 6) is -0.368. The van der Waals surface area contributed by atoms with Gasteiger partial charge in [0.1, 0.15) is 5.75 Å². The number of carbonyl (C=O) groups is 1. The number of hydrogen-bond donors (Lipinski definition) is 1. The Hall–Kier alpha value is -1.58. The van der Waals surface area contributed by atoms with Crippen LogP contribution in [0.5, 0.6) is 5.75 Å². The summed E-state index contributed by atoms with van der Waals surface area (Å²) in [5, 5.41) is 8.42.